The van der Waals surface area contributed by atoms with Gasteiger partial charge in [0.25, 0.3) is 5.71 Å². The topological polar surface area (TPSA) is 85.2 Å². The summed E-state index contributed by atoms with van der Waals surface area (Å²) in [6, 6.07) is 0. The first kappa shape index (κ1) is 13.4. The number of oxime groups is 1. The molecule has 0 aliphatic heterocycles. The molecule has 6 heteroatoms. The highest BCUT2D eigenvalue weighted by molar-refractivity contribution is 6.62. The van der Waals surface area contributed by atoms with E-state index in [2.05, 4.69) is 14.6 Å². The van der Waals surface area contributed by atoms with E-state index in [1.807, 2.05) is 0 Å². The Morgan fingerprint density at radius 2 is 1.33 bits per heavy atom. The molecule has 0 unspecified atom stereocenters. The van der Waals surface area contributed by atoms with Crippen LogP contribution in [-0.4, -0.2) is 35.1 Å². The van der Waals surface area contributed by atoms with Gasteiger partial charge in [-0.3, -0.25) is 0 Å². The zero-order valence-corrected chi connectivity index (χ0v) is 9.18. The van der Waals surface area contributed by atoms with E-state index >= 15 is 0 Å². The lowest BCUT2D eigenvalue weighted by atomic mass is 10.3. The number of nitrogens with zero attached hydrogens (tertiary/aromatic N) is 1. The molecular formula is C9H15NO5. The Kier molecular flexibility index (Phi) is 5.36. The number of hydrogen-bond acceptors (Lipinski definition) is 6. The molecule has 0 rings (SSSR count). The third-order valence-electron chi connectivity index (χ3n) is 1.17. The second-order valence-corrected chi connectivity index (χ2v) is 3.36. The molecule has 0 spiro atoms. The van der Waals surface area contributed by atoms with E-state index in [4.69, 9.17) is 5.21 Å². The molecular weight excluding hydrogens is 202 g/mol. The van der Waals surface area contributed by atoms with Crippen LogP contribution in [-0.2, 0) is 19.1 Å². The van der Waals surface area contributed by atoms with Gasteiger partial charge in [-0.15, -0.1) is 0 Å². The lowest BCUT2D eigenvalue weighted by molar-refractivity contribution is -0.144. The second-order valence-electron chi connectivity index (χ2n) is 3.36. The standard InChI is InChI=1S/C9H15NO5/c1-5(2)14-8(11)7(10-13)9(12)15-6(3)4/h5-6,13H,1-4H3. The minimum Gasteiger partial charge on any atom is -0.458 e. The van der Waals surface area contributed by atoms with Gasteiger partial charge in [0.2, 0.25) is 0 Å². The Morgan fingerprint density at radius 3 is 1.53 bits per heavy atom. The first-order chi connectivity index (χ1) is 6.88. The van der Waals surface area contributed by atoms with Crippen molar-refractivity contribution >= 4 is 17.7 Å². The van der Waals surface area contributed by atoms with Gasteiger partial charge in [-0.05, 0) is 27.7 Å². The van der Waals surface area contributed by atoms with E-state index in [-0.39, 0.29) is 0 Å². The third kappa shape index (κ3) is 4.99. The van der Waals surface area contributed by atoms with Crippen LogP contribution in [0.15, 0.2) is 5.16 Å². The van der Waals surface area contributed by atoms with Crippen LogP contribution in [0.5, 0.6) is 0 Å². The first-order valence-corrected chi connectivity index (χ1v) is 4.52. The largest absolute Gasteiger partial charge is 0.458 e. The number of hydrogen-bond donors (Lipinski definition) is 1. The van der Waals surface area contributed by atoms with Gasteiger partial charge in [0.15, 0.2) is 0 Å². The Morgan fingerprint density at radius 1 is 1.00 bits per heavy atom. The van der Waals surface area contributed by atoms with Crippen LogP contribution >= 0.6 is 0 Å². The summed E-state index contributed by atoms with van der Waals surface area (Å²) in [5.74, 6) is -2.00. The first-order valence-electron chi connectivity index (χ1n) is 4.52. The summed E-state index contributed by atoms with van der Waals surface area (Å²) in [5.41, 5.74) is -0.752. The molecule has 15 heavy (non-hydrogen) atoms. The van der Waals surface area contributed by atoms with Gasteiger partial charge in [0.1, 0.15) is 0 Å². The lowest BCUT2D eigenvalue weighted by Gasteiger charge is -2.10. The zero-order valence-electron chi connectivity index (χ0n) is 9.18. The van der Waals surface area contributed by atoms with E-state index in [0.717, 1.165) is 0 Å². The predicted octanol–water partition coefficient (Wildman–Crippen LogP) is 0.720. The van der Waals surface area contributed by atoms with Gasteiger partial charge in [0, 0.05) is 0 Å². The highest BCUT2D eigenvalue weighted by Gasteiger charge is 2.26. The summed E-state index contributed by atoms with van der Waals surface area (Å²) >= 11 is 0. The average molecular weight is 217 g/mol. The molecule has 0 amide bonds. The molecule has 0 radical (unpaired) electrons. The minimum absolute atomic E-state index is 0.402. The molecule has 0 aliphatic carbocycles. The Balaban J connectivity index is 4.50. The van der Waals surface area contributed by atoms with E-state index in [1.54, 1.807) is 27.7 Å². The van der Waals surface area contributed by atoms with Crippen molar-refractivity contribution in [1.82, 2.24) is 0 Å². The maximum atomic E-state index is 11.2. The molecule has 0 heterocycles. The maximum Gasteiger partial charge on any atom is 0.368 e. The second kappa shape index (κ2) is 6.00. The summed E-state index contributed by atoms with van der Waals surface area (Å²) in [7, 11) is 0. The van der Waals surface area contributed by atoms with Crippen molar-refractivity contribution in [3.63, 3.8) is 0 Å². The minimum atomic E-state index is -1.00. The quantitative estimate of drug-likeness (QED) is 0.246. The van der Waals surface area contributed by atoms with Crippen LogP contribution in [0, 0.1) is 0 Å². The molecule has 0 aromatic rings. The van der Waals surface area contributed by atoms with Crippen molar-refractivity contribution in [2.24, 2.45) is 5.16 Å². The van der Waals surface area contributed by atoms with Crippen molar-refractivity contribution in [1.29, 1.82) is 0 Å². The monoisotopic (exact) mass is 217 g/mol. The fourth-order valence-electron chi connectivity index (χ4n) is 0.705. The fourth-order valence-corrected chi connectivity index (χ4v) is 0.705. The molecule has 86 valence electrons. The van der Waals surface area contributed by atoms with E-state index in [9.17, 15) is 9.59 Å². The van der Waals surface area contributed by atoms with E-state index in [0.29, 0.717) is 0 Å². The predicted molar refractivity (Wildman–Crippen MR) is 51.7 cm³/mol. The van der Waals surface area contributed by atoms with Gasteiger partial charge in [-0.1, -0.05) is 5.16 Å². The van der Waals surface area contributed by atoms with Gasteiger partial charge in [-0.25, -0.2) is 9.59 Å². The van der Waals surface area contributed by atoms with Crippen LogP contribution in [0.2, 0.25) is 0 Å². The third-order valence-corrected chi connectivity index (χ3v) is 1.17. The normalized spacial score (nSPS) is 10.0. The summed E-state index contributed by atoms with van der Waals surface area (Å²) < 4.78 is 9.35. The Hall–Kier alpha value is -1.59. The van der Waals surface area contributed by atoms with Gasteiger partial charge in [-0.2, -0.15) is 0 Å². The fraction of sp³-hybridized carbons (Fsp3) is 0.667. The van der Waals surface area contributed by atoms with Crippen LogP contribution in [0.3, 0.4) is 0 Å². The molecule has 0 bridgehead atoms. The highest BCUT2D eigenvalue weighted by atomic mass is 16.6. The molecule has 6 nitrogen and oxygen atoms in total. The highest BCUT2D eigenvalue weighted by Crippen LogP contribution is 1.97. The lowest BCUT2D eigenvalue weighted by Crippen LogP contribution is -2.31. The molecule has 0 saturated heterocycles. The van der Waals surface area contributed by atoms with Crippen LogP contribution in [0.1, 0.15) is 27.7 Å². The van der Waals surface area contributed by atoms with Crippen LogP contribution in [0.25, 0.3) is 0 Å². The summed E-state index contributed by atoms with van der Waals surface area (Å²) in [6.45, 7) is 6.45. The van der Waals surface area contributed by atoms with E-state index in [1.165, 1.54) is 0 Å². The Labute approximate surface area is 87.9 Å². The number of esters is 2. The number of rotatable bonds is 4. The number of carbonyl (C=O) groups excluding carboxylic acids is 2. The molecule has 0 aromatic carbocycles. The van der Waals surface area contributed by atoms with Crippen LogP contribution < -0.4 is 0 Å². The molecule has 0 atom stereocenters. The smallest absolute Gasteiger partial charge is 0.368 e. The average Bonchev–Trinajstić information content (AvgIpc) is 2.01. The summed E-state index contributed by atoms with van der Waals surface area (Å²) in [4.78, 5) is 22.4. The van der Waals surface area contributed by atoms with Gasteiger partial charge < -0.3 is 14.7 Å². The van der Waals surface area contributed by atoms with Crippen molar-refractivity contribution in [3.05, 3.63) is 0 Å². The van der Waals surface area contributed by atoms with Gasteiger partial charge in [0.05, 0.1) is 12.2 Å². The van der Waals surface area contributed by atoms with Crippen LogP contribution in [0.4, 0.5) is 0 Å². The number of ether oxygens (including phenoxy) is 2. The van der Waals surface area contributed by atoms with Crippen molar-refractivity contribution < 1.29 is 24.3 Å². The van der Waals surface area contributed by atoms with Crippen molar-refractivity contribution in [2.75, 3.05) is 0 Å². The van der Waals surface area contributed by atoms with Gasteiger partial charge >= 0.3 is 11.9 Å². The summed E-state index contributed by atoms with van der Waals surface area (Å²) in [5, 5.41) is 11.0. The zero-order chi connectivity index (χ0) is 12.0. The van der Waals surface area contributed by atoms with E-state index < -0.39 is 29.9 Å². The molecule has 0 fully saturated rings. The molecule has 1 N–H and O–H groups in total. The van der Waals surface area contributed by atoms with Crippen molar-refractivity contribution in [2.45, 2.75) is 39.9 Å². The summed E-state index contributed by atoms with van der Waals surface area (Å²) in [6.07, 6.45) is -0.804. The SMILES string of the molecule is CC(C)OC(=O)C(=NO)C(=O)OC(C)C. The molecule has 0 aliphatic rings. The molecule has 0 aromatic heterocycles. The number of carbonyl (C=O) groups is 2. The molecule has 0 saturated carbocycles. The van der Waals surface area contributed by atoms with Crippen molar-refractivity contribution in [3.8, 4) is 0 Å². The maximum absolute atomic E-state index is 11.2. The Bertz CT molecular complexity index is 246.